The van der Waals surface area contributed by atoms with Gasteiger partial charge in [0.2, 0.25) is 0 Å². The lowest BCUT2D eigenvalue weighted by atomic mass is 9.80. The molecule has 1 nitrogen and oxygen atoms in total. The number of aryl methyl sites for hydroxylation is 1. The van der Waals surface area contributed by atoms with E-state index in [1.54, 1.807) is 0 Å². The molecule has 1 aliphatic rings. The summed E-state index contributed by atoms with van der Waals surface area (Å²) in [5.41, 5.74) is 2.24. The average Bonchev–Trinajstić information content (AvgIpc) is 2.45. The van der Waals surface area contributed by atoms with Crippen molar-refractivity contribution in [2.45, 2.75) is 52.6 Å². The van der Waals surface area contributed by atoms with Crippen molar-refractivity contribution in [1.29, 1.82) is 0 Å². The second-order valence-electron chi connectivity index (χ2n) is 6.22. The van der Waals surface area contributed by atoms with E-state index in [-0.39, 0.29) is 0 Å². The summed E-state index contributed by atoms with van der Waals surface area (Å²) in [6.07, 6.45) is 4.70. The molecule has 114 valence electrons. The molecule has 1 aromatic rings. The maximum absolute atomic E-state index is 6.17. The third-order valence-corrected chi connectivity index (χ3v) is 4.68. The van der Waals surface area contributed by atoms with Gasteiger partial charge in [0.05, 0.1) is 6.10 Å². The molecule has 1 saturated carbocycles. The number of benzene rings is 1. The van der Waals surface area contributed by atoms with E-state index in [9.17, 15) is 0 Å². The van der Waals surface area contributed by atoms with E-state index >= 15 is 0 Å². The molecule has 0 amide bonds. The van der Waals surface area contributed by atoms with Crippen LogP contribution in [-0.4, -0.2) is 12.0 Å². The SMILES string of the molecule is Cc1cc(OC2CCC(C)C(C)C2)ccc1C#CCCCl. The van der Waals surface area contributed by atoms with Gasteiger partial charge < -0.3 is 4.74 Å². The van der Waals surface area contributed by atoms with Crippen LogP contribution in [0.2, 0.25) is 0 Å². The lowest BCUT2D eigenvalue weighted by Crippen LogP contribution is -2.28. The molecule has 1 aromatic carbocycles. The topological polar surface area (TPSA) is 9.23 Å². The highest BCUT2D eigenvalue weighted by molar-refractivity contribution is 6.18. The molecular formula is C19H25ClO. The first-order chi connectivity index (χ1) is 10.1. The smallest absolute Gasteiger partial charge is 0.120 e. The van der Waals surface area contributed by atoms with Crippen molar-refractivity contribution in [2.24, 2.45) is 11.8 Å². The number of halogens is 1. The van der Waals surface area contributed by atoms with Crippen molar-refractivity contribution in [2.75, 3.05) is 5.88 Å². The maximum atomic E-state index is 6.17. The molecule has 0 aromatic heterocycles. The van der Waals surface area contributed by atoms with Crippen LogP contribution in [0.3, 0.4) is 0 Å². The number of hydrogen-bond donors (Lipinski definition) is 0. The molecule has 3 atom stereocenters. The Morgan fingerprint density at radius 1 is 1.24 bits per heavy atom. The molecule has 21 heavy (non-hydrogen) atoms. The molecule has 1 fully saturated rings. The Bertz CT molecular complexity index is 526. The Labute approximate surface area is 134 Å². The second-order valence-corrected chi connectivity index (χ2v) is 6.60. The highest BCUT2D eigenvalue weighted by Gasteiger charge is 2.25. The van der Waals surface area contributed by atoms with E-state index in [1.165, 1.54) is 18.4 Å². The van der Waals surface area contributed by atoms with E-state index in [0.717, 1.165) is 36.0 Å². The van der Waals surface area contributed by atoms with E-state index < -0.39 is 0 Å². The molecule has 0 bridgehead atoms. The Morgan fingerprint density at radius 3 is 2.71 bits per heavy atom. The van der Waals surface area contributed by atoms with E-state index in [0.29, 0.717) is 12.0 Å². The molecular weight excluding hydrogens is 280 g/mol. The van der Waals surface area contributed by atoms with Crippen molar-refractivity contribution in [3.63, 3.8) is 0 Å². The van der Waals surface area contributed by atoms with Gasteiger partial charge in [0.15, 0.2) is 0 Å². The number of alkyl halides is 1. The van der Waals surface area contributed by atoms with Crippen LogP contribution in [0.5, 0.6) is 5.75 Å². The summed E-state index contributed by atoms with van der Waals surface area (Å²) in [5, 5.41) is 0. The van der Waals surface area contributed by atoms with Crippen LogP contribution in [-0.2, 0) is 0 Å². The zero-order chi connectivity index (χ0) is 15.2. The molecule has 0 heterocycles. The fraction of sp³-hybridized carbons (Fsp3) is 0.579. The van der Waals surface area contributed by atoms with Gasteiger partial charge >= 0.3 is 0 Å². The summed E-state index contributed by atoms with van der Waals surface area (Å²) >= 11 is 5.64. The lowest BCUT2D eigenvalue weighted by Gasteiger charge is -2.32. The van der Waals surface area contributed by atoms with Gasteiger partial charge in [0, 0.05) is 17.9 Å². The van der Waals surface area contributed by atoms with Crippen LogP contribution in [0.25, 0.3) is 0 Å². The van der Waals surface area contributed by atoms with E-state index in [2.05, 4.69) is 44.7 Å². The van der Waals surface area contributed by atoms with Crippen LogP contribution >= 0.6 is 11.6 Å². The predicted octanol–water partition coefficient (Wildman–Crippen LogP) is 5.18. The Kier molecular flexibility index (Phi) is 6.00. The highest BCUT2D eigenvalue weighted by atomic mass is 35.5. The van der Waals surface area contributed by atoms with Crippen LogP contribution in [0.15, 0.2) is 18.2 Å². The Hall–Kier alpha value is -1.13. The minimum absolute atomic E-state index is 0.365. The molecule has 3 unspecified atom stereocenters. The summed E-state index contributed by atoms with van der Waals surface area (Å²) in [6, 6.07) is 6.20. The van der Waals surface area contributed by atoms with Crippen molar-refractivity contribution in [3.8, 4) is 17.6 Å². The van der Waals surface area contributed by atoms with Gasteiger partial charge in [-0.25, -0.2) is 0 Å². The summed E-state index contributed by atoms with van der Waals surface area (Å²) in [5.74, 6) is 9.39. The third kappa shape index (κ3) is 4.68. The molecule has 1 aliphatic carbocycles. The zero-order valence-electron chi connectivity index (χ0n) is 13.3. The minimum atomic E-state index is 0.365. The number of ether oxygens (including phenoxy) is 1. The fourth-order valence-electron chi connectivity index (χ4n) is 2.85. The lowest BCUT2D eigenvalue weighted by molar-refractivity contribution is 0.101. The van der Waals surface area contributed by atoms with E-state index in [4.69, 9.17) is 16.3 Å². The summed E-state index contributed by atoms with van der Waals surface area (Å²) in [7, 11) is 0. The molecule has 2 heteroatoms. The molecule has 0 N–H and O–H groups in total. The predicted molar refractivity (Wildman–Crippen MR) is 90.0 cm³/mol. The van der Waals surface area contributed by atoms with Gasteiger partial charge in [-0.3, -0.25) is 0 Å². The van der Waals surface area contributed by atoms with Gasteiger partial charge in [-0.1, -0.05) is 25.7 Å². The minimum Gasteiger partial charge on any atom is -0.490 e. The normalized spacial score (nSPS) is 25.0. The van der Waals surface area contributed by atoms with Crippen LogP contribution < -0.4 is 4.74 Å². The molecule has 2 rings (SSSR count). The van der Waals surface area contributed by atoms with Crippen molar-refractivity contribution < 1.29 is 4.74 Å². The summed E-state index contributed by atoms with van der Waals surface area (Å²) in [6.45, 7) is 6.77. The first-order valence-corrected chi connectivity index (χ1v) is 8.45. The van der Waals surface area contributed by atoms with Gasteiger partial charge in [-0.2, -0.15) is 0 Å². The van der Waals surface area contributed by atoms with Gasteiger partial charge in [-0.05, 0) is 61.8 Å². The Morgan fingerprint density at radius 2 is 2.05 bits per heavy atom. The van der Waals surface area contributed by atoms with Crippen molar-refractivity contribution in [1.82, 2.24) is 0 Å². The van der Waals surface area contributed by atoms with Gasteiger partial charge in [0.1, 0.15) is 5.75 Å². The third-order valence-electron chi connectivity index (χ3n) is 4.49. The fourth-order valence-corrected chi connectivity index (χ4v) is 2.95. The summed E-state index contributed by atoms with van der Waals surface area (Å²) in [4.78, 5) is 0. The molecule has 0 spiro atoms. The maximum Gasteiger partial charge on any atom is 0.120 e. The van der Waals surface area contributed by atoms with Crippen LogP contribution in [0, 0.1) is 30.6 Å². The number of hydrogen-bond acceptors (Lipinski definition) is 1. The van der Waals surface area contributed by atoms with Crippen molar-refractivity contribution >= 4 is 11.6 Å². The number of rotatable bonds is 3. The Balaban J connectivity index is 1.99. The average molecular weight is 305 g/mol. The van der Waals surface area contributed by atoms with Gasteiger partial charge in [-0.15, -0.1) is 11.6 Å². The van der Waals surface area contributed by atoms with Crippen LogP contribution in [0.4, 0.5) is 0 Å². The first-order valence-electron chi connectivity index (χ1n) is 7.92. The van der Waals surface area contributed by atoms with Gasteiger partial charge in [0.25, 0.3) is 0 Å². The van der Waals surface area contributed by atoms with Crippen LogP contribution in [0.1, 0.15) is 50.7 Å². The van der Waals surface area contributed by atoms with Crippen molar-refractivity contribution in [3.05, 3.63) is 29.3 Å². The van der Waals surface area contributed by atoms with E-state index in [1.807, 2.05) is 6.07 Å². The molecule has 0 aliphatic heterocycles. The quantitative estimate of drug-likeness (QED) is 0.552. The monoisotopic (exact) mass is 304 g/mol. The standard InChI is InChI=1S/C19H25ClO/c1-14-7-9-18(12-15(14)2)21-19-10-8-17(16(3)13-19)6-4-5-11-20/h8,10,13-15,18H,5,7,9,11-12H2,1-3H3. The second kappa shape index (κ2) is 7.76. The first kappa shape index (κ1) is 16.2. The molecule has 0 saturated heterocycles. The largest absolute Gasteiger partial charge is 0.490 e. The molecule has 0 radical (unpaired) electrons. The zero-order valence-corrected chi connectivity index (χ0v) is 14.0. The highest BCUT2D eigenvalue weighted by Crippen LogP contribution is 2.32. The summed E-state index contributed by atoms with van der Waals surface area (Å²) < 4.78 is 6.17.